The predicted octanol–water partition coefficient (Wildman–Crippen LogP) is 6.45. The van der Waals surface area contributed by atoms with Gasteiger partial charge in [-0.1, -0.05) is 95.0 Å². The Morgan fingerprint density at radius 1 is 0.800 bits per heavy atom. The standard InChI is InChI=1S/C19H32S/c1-2-3-4-5-6-7-8-9-13-16-19(20)17-18-14-11-10-12-15-18/h10-12,14-15,19-20H,2-9,13,16-17H2,1H3. The fraction of sp³-hybridized carbons (Fsp3) is 0.684. The van der Waals surface area contributed by atoms with Crippen LogP contribution in [-0.4, -0.2) is 5.25 Å². The van der Waals surface area contributed by atoms with Crippen LogP contribution in [0.25, 0.3) is 0 Å². The van der Waals surface area contributed by atoms with Gasteiger partial charge in [0.2, 0.25) is 0 Å². The fourth-order valence-electron chi connectivity index (χ4n) is 2.68. The minimum atomic E-state index is 0.530. The second-order valence-corrected chi connectivity index (χ2v) is 6.69. The Morgan fingerprint density at radius 3 is 1.95 bits per heavy atom. The van der Waals surface area contributed by atoms with Gasteiger partial charge >= 0.3 is 0 Å². The zero-order valence-electron chi connectivity index (χ0n) is 13.2. The smallest absolute Gasteiger partial charge is 0.00572 e. The van der Waals surface area contributed by atoms with Crippen LogP contribution in [-0.2, 0) is 6.42 Å². The Hall–Kier alpha value is -0.430. The van der Waals surface area contributed by atoms with Crippen molar-refractivity contribution in [2.45, 2.75) is 82.8 Å². The highest BCUT2D eigenvalue weighted by Gasteiger charge is 2.04. The summed E-state index contributed by atoms with van der Waals surface area (Å²) < 4.78 is 0. The zero-order valence-corrected chi connectivity index (χ0v) is 14.1. The number of hydrogen-bond acceptors (Lipinski definition) is 1. The average Bonchev–Trinajstić information content (AvgIpc) is 2.46. The highest BCUT2D eigenvalue weighted by molar-refractivity contribution is 7.80. The number of unbranched alkanes of at least 4 members (excludes halogenated alkanes) is 8. The number of rotatable bonds is 12. The maximum absolute atomic E-state index is 4.72. The van der Waals surface area contributed by atoms with Crippen molar-refractivity contribution >= 4 is 12.6 Å². The molecule has 0 amide bonds. The van der Waals surface area contributed by atoms with Crippen molar-refractivity contribution in [3.05, 3.63) is 35.9 Å². The van der Waals surface area contributed by atoms with E-state index in [-0.39, 0.29) is 0 Å². The first-order chi connectivity index (χ1) is 9.83. The number of hydrogen-bond donors (Lipinski definition) is 1. The predicted molar refractivity (Wildman–Crippen MR) is 94.8 cm³/mol. The van der Waals surface area contributed by atoms with E-state index in [0.717, 1.165) is 6.42 Å². The van der Waals surface area contributed by atoms with Crippen LogP contribution in [0.2, 0.25) is 0 Å². The van der Waals surface area contributed by atoms with E-state index >= 15 is 0 Å². The van der Waals surface area contributed by atoms with Crippen LogP contribution in [0.5, 0.6) is 0 Å². The number of thiol groups is 1. The third kappa shape index (κ3) is 9.47. The first-order valence-corrected chi connectivity index (χ1v) is 9.06. The third-order valence-corrected chi connectivity index (χ3v) is 4.40. The summed E-state index contributed by atoms with van der Waals surface area (Å²) in [6.45, 7) is 2.28. The Balaban J connectivity index is 1.91. The lowest BCUT2D eigenvalue weighted by Gasteiger charge is -2.10. The van der Waals surface area contributed by atoms with E-state index in [1.54, 1.807) is 0 Å². The van der Waals surface area contributed by atoms with E-state index in [0.29, 0.717) is 5.25 Å². The van der Waals surface area contributed by atoms with E-state index in [4.69, 9.17) is 12.6 Å². The van der Waals surface area contributed by atoms with Gasteiger partial charge in [-0.15, -0.1) is 0 Å². The molecule has 0 aliphatic rings. The third-order valence-electron chi connectivity index (χ3n) is 3.96. The lowest BCUT2D eigenvalue weighted by molar-refractivity contribution is 0.552. The summed E-state index contributed by atoms with van der Waals surface area (Å²) in [5.74, 6) is 0. The fourth-order valence-corrected chi connectivity index (χ4v) is 3.07. The van der Waals surface area contributed by atoms with Crippen LogP contribution in [0.3, 0.4) is 0 Å². The monoisotopic (exact) mass is 292 g/mol. The quantitative estimate of drug-likeness (QED) is 0.332. The molecule has 114 valence electrons. The minimum absolute atomic E-state index is 0.530. The second-order valence-electron chi connectivity index (χ2n) is 5.96. The van der Waals surface area contributed by atoms with Crippen molar-refractivity contribution in [2.75, 3.05) is 0 Å². The first kappa shape index (κ1) is 17.6. The van der Waals surface area contributed by atoms with Crippen LogP contribution in [0.1, 0.15) is 76.7 Å². The van der Waals surface area contributed by atoms with Crippen LogP contribution >= 0.6 is 12.6 Å². The molecule has 0 saturated heterocycles. The molecule has 0 N–H and O–H groups in total. The molecule has 0 heterocycles. The van der Waals surface area contributed by atoms with Crippen LogP contribution < -0.4 is 0 Å². The average molecular weight is 293 g/mol. The van der Waals surface area contributed by atoms with Gasteiger partial charge in [0.25, 0.3) is 0 Å². The molecule has 0 radical (unpaired) electrons. The van der Waals surface area contributed by atoms with E-state index in [1.165, 1.54) is 69.8 Å². The van der Waals surface area contributed by atoms with Crippen LogP contribution in [0, 0.1) is 0 Å². The van der Waals surface area contributed by atoms with Crippen molar-refractivity contribution < 1.29 is 0 Å². The largest absolute Gasteiger partial charge is 0.176 e. The van der Waals surface area contributed by atoms with Gasteiger partial charge in [-0.05, 0) is 18.4 Å². The molecule has 0 bridgehead atoms. The van der Waals surface area contributed by atoms with Gasteiger partial charge in [-0.2, -0.15) is 12.6 Å². The molecule has 0 aliphatic heterocycles. The summed E-state index contributed by atoms with van der Waals surface area (Å²) in [5.41, 5.74) is 1.42. The first-order valence-electron chi connectivity index (χ1n) is 8.55. The lowest BCUT2D eigenvalue weighted by atomic mass is 10.0. The molecular formula is C19H32S. The molecule has 1 atom stereocenters. The zero-order chi connectivity index (χ0) is 14.5. The van der Waals surface area contributed by atoms with Gasteiger partial charge in [0.05, 0.1) is 0 Å². The molecule has 1 heteroatoms. The van der Waals surface area contributed by atoms with E-state index in [2.05, 4.69) is 37.3 Å². The molecule has 1 unspecified atom stereocenters. The summed E-state index contributed by atoms with van der Waals surface area (Å²) >= 11 is 4.72. The molecular weight excluding hydrogens is 260 g/mol. The maximum Gasteiger partial charge on any atom is 0.00572 e. The van der Waals surface area contributed by atoms with Crippen molar-refractivity contribution in [3.8, 4) is 0 Å². The Bertz CT molecular complexity index is 307. The molecule has 1 aromatic rings. The van der Waals surface area contributed by atoms with Crippen molar-refractivity contribution in [1.82, 2.24) is 0 Å². The molecule has 0 spiro atoms. The van der Waals surface area contributed by atoms with Gasteiger partial charge in [0.1, 0.15) is 0 Å². The lowest BCUT2D eigenvalue weighted by Crippen LogP contribution is -2.03. The molecule has 1 rings (SSSR count). The Kier molecular flexibility index (Phi) is 10.9. The van der Waals surface area contributed by atoms with E-state index in [1.807, 2.05) is 0 Å². The van der Waals surface area contributed by atoms with Gasteiger partial charge in [-0.25, -0.2) is 0 Å². The maximum atomic E-state index is 4.72. The van der Waals surface area contributed by atoms with Crippen LogP contribution in [0.15, 0.2) is 30.3 Å². The van der Waals surface area contributed by atoms with Gasteiger partial charge in [0.15, 0.2) is 0 Å². The number of benzene rings is 1. The van der Waals surface area contributed by atoms with Crippen LogP contribution in [0.4, 0.5) is 0 Å². The molecule has 20 heavy (non-hydrogen) atoms. The summed E-state index contributed by atoms with van der Waals surface area (Å²) in [6, 6.07) is 10.7. The second kappa shape index (κ2) is 12.3. The topological polar surface area (TPSA) is 0 Å². The van der Waals surface area contributed by atoms with Gasteiger partial charge in [0, 0.05) is 5.25 Å². The molecule has 1 aromatic carbocycles. The summed E-state index contributed by atoms with van der Waals surface area (Å²) in [4.78, 5) is 0. The summed E-state index contributed by atoms with van der Waals surface area (Å²) in [6.07, 6.45) is 15.0. The normalized spacial score (nSPS) is 12.5. The summed E-state index contributed by atoms with van der Waals surface area (Å²) in [5, 5.41) is 0.530. The van der Waals surface area contributed by atoms with Crippen molar-refractivity contribution in [1.29, 1.82) is 0 Å². The molecule has 0 aromatic heterocycles. The summed E-state index contributed by atoms with van der Waals surface area (Å²) in [7, 11) is 0. The SMILES string of the molecule is CCCCCCCCCCCC(S)Cc1ccccc1. The molecule has 0 saturated carbocycles. The Labute approximate surface area is 131 Å². The highest BCUT2D eigenvalue weighted by atomic mass is 32.1. The van der Waals surface area contributed by atoms with Gasteiger partial charge < -0.3 is 0 Å². The van der Waals surface area contributed by atoms with Crippen molar-refractivity contribution in [2.24, 2.45) is 0 Å². The molecule has 0 aliphatic carbocycles. The van der Waals surface area contributed by atoms with Crippen molar-refractivity contribution in [3.63, 3.8) is 0 Å². The molecule has 0 fully saturated rings. The highest BCUT2D eigenvalue weighted by Crippen LogP contribution is 2.16. The minimum Gasteiger partial charge on any atom is -0.176 e. The van der Waals surface area contributed by atoms with E-state index < -0.39 is 0 Å². The van der Waals surface area contributed by atoms with Gasteiger partial charge in [-0.3, -0.25) is 0 Å². The molecule has 0 nitrogen and oxygen atoms in total. The van der Waals surface area contributed by atoms with E-state index in [9.17, 15) is 0 Å². The Morgan fingerprint density at radius 2 is 1.35 bits per heavy atom.